The number of hydrogen-bond acceptors (Lipinski definition) is 3. The first-order valence-electron chi connectivity index (χ1n) is 4.91. The van der Waals surface area contributed by atoms with Crippen molar-refractivity contribution in [2.45, 2.75) is 25.8 Å². The average molecular weight is 231 g/mol. The maximum atomic E-state index is 5.88. The van der Waals surface area contributed by atoms with Gasteiger partial charge in [-0.3, -0.25) is 11.3 Å². The van der Waals surface area contributed by atoms with Gasteiger partial charge in [0.15, 0.2) is 0 Å². The van der Waals surface area contributed by atoms with Crippen LogP contribution < -0.4 is 11.3 Å². The van der Waals surface area contributed by atoms with E-state index in [1.807, 2.05) is 6.07 Å². The van der Waals surface area contributed by atoms with Crippen LogP contribution in [-0.4, -0.2) is 6.04 Å². The molecule has 3 atom stereocenters. The van der Waals surface area contributed by atoms with E-state index in [1.165, 1.54) is 11.3 Å². The Kier molecular flexibility index (Phi) is 3.12. The summed E-state index contributed by atoms with van der Waals surface area (Å²) in [6.45, 7) is 2.27. The summed E-state index contributed by atoms with van der Waals surface area (Å²) in [5.41, 5.74) is 2.92. The first-order valence-corrected chi connectivity index (χ1v) is 6.10. The molecule has 1 aromatic rings. The summed E-state index contributed by atoms with van der Waals surface area (Å²) in [6.07, 6.45) is 2.30. The Morgan fingerprint density at radius 3 is 2.86 bits per heavy atom. The highest BCUT2D eigenvalue weighted by Crippen LogP contribution is 2.41. The summed E-state index contributed by atoms with van der Waals surface area (Å²) in [5.74, 6) is 7.13. The van der Waals surface area contributed by atoms with E-state index >= 15 is 0 Å². The van der Waals surface area contributed by atoms with E-state index in [9.17, 15) is 0 Å². The van der Waals surface area contributed by atoms with Crippen LogP contribution in [0.3, 0.4) is 0 Å². The lowest BCUT2D eigenvalue weighted by Gasteiger charge is -2.13. The van der Waals surface area contributed by atoms with Crippen LogP contribution in [0.4, 0.5) is 0 Å². The van der Waals surface area contributed by atoms with Gasteiger partial charge in [0.05, 0.1) is 4.34 Å². The molecule has 78 valence electrons. The number of nitrogens with two attached hydrogens (primary N) is 1. The van der Waals surface area contributed by atoms with Gasteiger partial charge in [0.2, 0.25) is 0 Å². The van der Waals surface area contributed by atoms with Gasteiger partial charge in [0, 0.05) is 10.9 Å². The first kappa shape index (κ1) is 10.4. The Bertz CT molecular complexity index is 313. The Balaban J connectivity index is 1.94. The van der Waals surface area contributed by atoms with Crippen molar-refractivity contribution in [3.8, 4) is 0 Å². The van der Waals surface area contributed by atoms with Crippen molar-refractivity contribution < 1.29 is 0 Å². The molecule has 1 aromatic heterocycles. The van der Waals surface area contributed by atoms with Crippen molar-refractivity contribution in [2.24, 2.45) is 17.7 Å². The van der Waals surface area contributed by atoms with E-state index in [2.05, 4.69) is 18.4 Å². The minimum atomic E-state index is 0.416. The van der Waals surface area contributed by atoms with E-state index in [4.69, 9.17) is 17.4 Å². The number of nitrogens with one attached hydrogen (secondary N) is 1. The molecule has 0 aliphatic heterocycles. The van der Waals surface area contributed by atoms with Gasteiger partial charge in [-0.1, -0.05) is 18.5 Å². The smallest absolute Gasteiger partial charge is 0.0931 e. The highest BCUT2D eigenvalue weighted by Gasteiger charge is 2.38. The Labute approximate surface area is 93.4 Å². The van der Waals surface area contributed by atoms with Gasteiger partial charge in [0.1, 0.15) is 0 Å². The van der Waals surface area contributed by atoms with Gasteiger partial charge in [-0.15, -0.1) is 11.3 Å². The molecule has 14 heavy (non-hydrogen) atoms. The van der Waals surface area contributed by atoms with Gasteiger partial charge in [-0.25, -0.2) is 0 Å². The van der Waals surface area contributed by atoms with E-state index in [0.29, 0.717) is 6.04 Å². The van der Waals surface area contributed by atoms with Crippen molar-refractivity contribution in [2.75, 3.05) is 0 Å². The van der Waals surface area contributed by atoms with E-state index in [1.54, 1.807) is 11.3 Å². The molecule has 0 bridgehead atoms. The standard InChI is InChI=1S/C10H15ClN2S/c1-6-4-8(6)9(13-12)5-7-2-3-10(11)14-7/h2-3,6,8-9,13H,4-5,12H2,1H3. The first-order chi connectivity index (χ1) is 6.70. The largest absolute Gasteiger partial charge is 0.271 e. The maximum Gasteiger partial charge on any atom is 0.0931 e. The minimum Gasteiger partial charge on any atom is -0.271 e. The summed E-state index contributed by atoms with van der Waals surface area (Å²) in [7, 11) is 0. The van der Waals surface area contributed by atoms with Crippen molar-refractivity contribution >= 4 is 22.9 Å². The Morgan fingerprint density at radius 2 is 2.43 bits per heavy atom. The molecule has 1 saturated carbocycles. The van der Waals surface area contributed by atoms with E-state index in [0.717, 1.165) is 22.6 Å². The van der Waals surface area contributed by atoms with Gasteiger partial charge in [-0.2, -0.15) is 0 Å². The Hall–Kier alpha value is -0.0900. The van der Waals surface area contributed by atoms with Crippen LogP contribution in [0.1, 0.15) is 18.2 Å². The van der Waals surface area contributed by atoms with Gasteiger partial charge >= 0.3 is 0 Å². The monoisotopic (exact) mass is 230 g/mol. The van der Waals surface area contributed by atoms with E-state index in [-0.39, 0.29) is 0 Å². The van der Waals surface area contributed by atoms with Crippen LogP contribution in [0, 0.1) is 11.8 Å². The van der Waals surface area contributed by atoms with Crippen LogP contribution in [0.15, 0.2) is 12.1 Å². The fourth-order valence-corrected chi connectivity index (χ4v) is 3.07. The van der Waals surface area contributed by atoms with Crippen LogP contribution >= 0.6 is 22.9 Å². The average Bonchev–Trinajstić information content (AvgIpc) is 2.72. The number of rotatable bonds is 4. The molecule has 0 aromatic carbocycles. The molecule has 1 fully saturated rings. The molecule has 1 heterocycles. The quantitative estimate of drug-likeness (QED) is 0.616. The molecule has 0 saturated heterocycles. The lowest BCUT2D eigenvalue weighted by Crippen LogP contribution is -2.38. The number of halogens is 1. The maximum absolute atomic E-state index is 5.88. The molecule has 3 unspecified atom stereocenters. The molecule has 3 N–H and O–H groups in total. The zero-order valence-electron chi connectivity index (χ0n) is 8.16. The Morgan fingerprint density at radius 1 is 1.71 bits per heavy atom. The number of hydrogen-bond donors (Lipinski definition) is 2. The zero-order chi connectivity index (χ0) is 10.1. The highest BCUT2D eigenvalue weighted by molar-refractivity contribution is 7.16. The molecule has 0 spiro atoms. The van der Waals surface area contributed by atoms with Crippen LogP contribution in [-0.2, 0) is 6.42 Å². The third kappa shape index (κ3) is 2.28. The second-order valence-electron chi connectivity index (χ2n) is 4.06. The fraction of sp³-hybridized carbons (Fsp3) is 0.600. The van der Waals surface area contributed by atoms with E-state index < -0.39 is 0 Å². The lowest BCUT2D eigenvalue weighted by atomic mass is 10.1. The molecular formula is C10H15ClN2S. The topological polar surface area (TPSA) is 38.0 Å². The minimum absolute atomic E-state index is 0.416. The van der Waals surface area contributed by atoms with Crippen LogP contribution in [0.5, 0.6) is 0 Å². The molecule has 2 rings (SSSR count). The van der Waals surface area contributed by atoms with Crippen LogP contribution in [0.2, 0.25) is 4.34 Å². The molecule has 4 heteroatoms. The SMILES string of the molecule is CC1CC1C(Cc1ccc(Cl)s1)NN. The van der Waals surface area contributed by atoms with Gasteiger partial charge < -0.3 is 0 Å². The molecule has 1 aliphatic rings. The molecular weight excluding hydrogens is 216 g/mol. The third-order valence-electron chi connectivity index (χ3n) is 2.95. The lowest BCUT2D eigenvalue weighted by molar-refractivity contribution is 0.457. The number of hydrazine groups is 1. The van der Waals surface area contributed by atoms with Crippen LogP contribution in [0.25, 0.3) is 0 Å². The fourth-order valence-electron chi connectivity index (χ4n) is 1.92. The summed E-state index contributed by atoms with van der Waals surface area (Å²) in [4.78, 5) is 1.32. The number of thiophene rings is 1. The summed E-state index contributed by atoms with van der Waals surface area (Å²) >= 11 is 7.53. The van der Waals surface area contributed by atoms with Crippen molar-refractivity contribution in [3.63, 3.8) is 0 Å². The van der Waals surface area contributed by atoms with Crippen molar-refractivity contribution in [1.29, 1.82) is 0 Å². The van der Waals surface area contributed by atoms with Crippen molar-refractivity contribution in [3.05, 3.63) is 21.3 Å². The summed E-state index contributed by atoms with van der Waals surface area (Å²) in [6, 6.07) is 4.45. The highest BCUT2D eigenvalue weighted by atomic mass is 35.5. The second kappa shape index (κ2) is 4.19. The summed E-state index contributed by atoms with van der Waals surface area (Å²) in [5, 5.41) is 0. The predicted molar refractivity (Wildman–Crippen MR) is 61.4 cm³/mol. The third-order valence-corrected chi connectivity index (χ3v) is 4.21. The van der Waals surface area contributed by atoms with Crippen molar-refractivity contribution in [1.82, 2.24) is 5.43 Å². The molecule has 2 nitrogen and oxygen atoms in total. The zero-order valence-corrected chi connectivity index (χ0v) is 9.74. The summed E-state index contributed by atoms with van der Waals surface area (Å²) < 4.78 is 0.861. The molecule has 0 amide bonds. The molecule has 1 aliphatic carbocycles. The van der Waals surface area contributed by atoms with Gasteiger partial charge in [-0.05, 0) is 36.8 Å². The van der Waals surface area contributed by atoms with Gasteiger partial charge in [0.25, 0.3) is 0 Å². The molecule has 0 radical (unpaired) electrons. The second-order valence-corrected chi connectivity index (χ2v) is 5.86. The normalized spacial score (nSPS) is 27.6. The predicted octanol–water partition coefficient (Wildman–Crippen LogP) is 2.43.